The molecule has 0 atom stereocenters. The predicted molar refractivity (Wildman–Crippen MR) is 67.6 cm³/mol. The van der Waals surface area contributed by atoms with Crippen LogP contribution in [0.2, 0.25) is 0 Å². The summed E-state index contributed by atoms with van der Waals surface area (Å²) < 4.78 is 43.7. The summed E-state index contributed by atoms with van der Waals surface area (Å²) in [6.45, 7) is 0.692. The number of pyridine rings is 1. The van der Waals surface area contributed by atoms with Gasteiger partial charge >= 0.3 is 0 Å². The molecule has 2 aromatic rings. The Kier molecular flexibility index (Phi) is 4.57. The molecule has 0 saturated heterocycles. The minimum Gasteiger partial charge on any atom is -0.481 e. The number of ether oxygens (including phenoxy) is 1. The van der Waals surface area contributed by atoms with E-state index in [2.05, 4.69) is 10.3 Å². The maximum absolute atomic E-state index is 13.0. The molecule has 0 bridgehead atoms. The van der Waals surface area contributed by atoms with Crippen molar-refractivity contribution in [3.8, 4) is 5.88 Å². The third-order valence-electron chi connectivity index (χ3n) is 2.71. The Morgan fingerprint density at radius 3 is 2.25 bits per heavy atom. The molecule has 0 amide bonds. The molecule has 1 heterocycles. The number of halogens is 3. The highest BCUT2D eigenvalue weighted by Gasteiger charge is 2.10. The average Bonchev–Trinajstić information content (AvgIpc) is 2.45. The molecule has 0 aliphatic heterocycles. The number of aromatic nitrogens is 1. The molecular formula is C14H13F3N2O. The lowest BCUT2D eigenvalue weighted by Crippen LogP contribution is -2.13. The van der Waals surface area contributed by atoms with Crippen molar-refractivity contribution in [1.29, 1.82) is 0 Å². The molecular weight excluding hydrogens is 269 g/mol. The zero-order valence-electron chi connectivity index (χ0n) is 10.8. The molecule has 0 unspecified atom stereocenters. The topological polar surface area (TPSA) is 34.1 Å². The van der Waals surface area contributed by atoms with Crippen LogP contribution in [0.25, 0.3) is 0 Å². The summed E-state index contributed by atoms with van der Waals surface area (Å²) in [6, 6.07) is 5.48. The summed E-state index contributed by atoms with van der Waals surface area (Å²) >= 11 is 0. The van der Waals surface area contributed by atoms with Crippen LogP contribution in [0, 0.1) is 17.5 Å². The van der Waals surface area contributed by atoms with E-state index < -0.39 is 17.5 Å². The van der Waals surface area contributed by atoms with E-state index in [0.717, 1.165) is 17.7 Å². The van der Waals surface area contributed by atoms with E-state index in [-0.39, 0.29) is 6.54 Å². The highest BCUT2D eigenvalue weighted by atomic mass is 19.2. The van der Waals surface area contributed by atoms with Crippen LogP contribution in [0.5, 0.6) is 5.88 Å². The minimum atomic E-state index is -1.45. The van der Waals surface area contributed by atoms with E-state index in [9.17, 15) is 13.2 Å². The van der Waals surface area contributed by atoms with Gasteiger partial charge in [-0.05, 0) is 23.3 Å². The van der Waals surface area contributed by atoms with E-state index in [4.69, 9.17) is 4.74 Å². The number of rotatable bonds is 5. The molecule has 0 saturated carbocycles. The van der Waals surface area contributed by atoms with Gasteiger partial charge in [-0.1, -0.05) is 6.07 Å². The largest absolute Gasteiger partial charge is 0.481 e. The van der Waals surface area contributed by atoms with Gasteiger partial charge in [-0.3, -0.25) is 0 Å². The van der Waals surface area contributed by atoms with Crippen molar-refractivity contribution < 1.29 is 17.9 Å². The summed E-state index contributed by atoms with van der Waals surface area (Å²) in [6.07, 6.45) is 1.64. The van der Waals surface area contributed by atoms with Crippen LogP contribution in [0.4, 0.5) is 13.2 Å². The number of nitrogens with one attached hydrogen (secondary N) is 1. The van der Waals surface area contributed by atoms with Crippen molar-refractivity contribution in [1.82, 2.24) is 10.3 Å². The zero-order valence-corrected chi connectivity index (χ0v) is 10.8. The molecule has 2 rings (SSSR count). The lowest BCUT2D eigenvalue weighted by atomic mass is 10.2. The summed E-state index contributed by atoms with van der Waals surface area (Å²) in [5.41, 5.74) is 1.23. The van der Waals surface area contributed by atoms with Gasteiger partial charge in [0.25, 0.3) is 0 Å². The van der Waals surface area contributed by atoms with E-state index in [1.807, 2.05) is 6.07 Å². The molecule has 1 aromatic carbocycles. The first kappa shape index (κ1) is 14.3. The van der Waals surface area contributed by atoms with Gasteiger partial charge in [0.1, 0.15) is 0 Å². The van der Waals surface area contributed by atoms with Gasteiger partial charge in [-0.15, -0.1) is 0 Å². The lowest BCUT2D eigenvalue weighted by Gasteiger charge is -2.06. The molecule has 20 heavy (non-hydrogen) atoms. The van der Waals surface area contributed by atoms with Crippen molar-refractivity contribution in [2.45, 2.75) is 13.1 Å². The fraction of sp³-hybridized carbons (Fsp3) is 0.214. The highest BCUT2D eigenvalue weighted by Crippen LogP contribution is 2.13. The standard InChI is InChI=1S/C14H13F3N2O/c1-20-13-3-2-9(8-19-13)6-18-7-10-4-11(15)14(17)12(16)5-10/h2-5,8,18H,6-7H2,1H3. The number of hydrogen-bond acceptors (Lipinski definition) is 3. The average molecular weight is 282 g/mol. The summed E-state index contributed by atoms with van der Waals surface area (Å²) in [5, 5.41) is 2.99. The normalized spacial score (nSPS) is 10.6. The second kappa shape index (κ2) is 6.38. The van der Waals surface area contributed by atoms with Crippen LogP contribution in [-0.2, 0) is 13.1 Å². The fourth-order valence-corrected chi connectivity index (χ4v) is 1.70. The molecule has 0 spiro atoms. The van der Waals surface area contributed by atoms with Gasteiger partial charge in [0.05, 0.1) is 7.11 Å². The third kappa shape index (κ3) is 3.48. The lowest BCUT2D eigenvalue weighted by molar-refractivity contribution is 0.397. The van der Waals surface area contributed by atoms with Gasteiger partial charge < -0.3 is 10.1 Å². The smallest absolute Gasteiger partial charge is 0.212 e. The molecule has 1 aromatic heterocycles. The van der Waals surface area contributed by atoms with Gasteiger partial charge in [0.2, 0.25) is 5.88 Å². The molecule has 3 nitrogen and oxygen atoms in total. The molecule has 0 fully saturated rings. The summed E-state index contributed by atoms with van der Waals surface area (Å²) in [4.78, 5) is 4.03. The summed E-state index contributed by atoms with van der Waals surface area (Å²) in [5.74, 6) is -3.31. The van der Waals surface area contributed by atoms with E-state index in [0.29, 0.717) is 18.0 Å². The maximum atomic E-state index is 13.0. The van der Waals surface area contributed by atoms with Crippen LogP contribution in [0.1, 0.15) is 11.1 Å². The Morgan fingerprint density at radius 2 is 1.70 bits per heavy atom. The number of hydrogen-bond donors (Lipinski definition) is 1. The van der Waals surface area contributed by atoms with Crippen molar-refractivity contribution in [3.63, 3.8) is 0 Å². The molecule has 0 radical (unpaired) electrons. The van der Waals surface area contributed by atoms with Crippen molar-refractivity contribution in [2.75, 3.05) is 7.11 Å². The van der Waals surface area contributed by atoms with E-state index in [1.165, 1.54) is 7.11 Å². The van der Waals surface area contributed by atoms with Gasteiger partial charge in [0, 0.05) is 25.4 Å². The van der Waals surface area contributed by atoms with Crippen LogP contribution in [-0.4, -0.2) is 12.1 Å². The SMILES string of the molecule is COc1ccc(CNCc2cc(F)c(F)c(F)c2)cn1. The van der Waals surface area contributed by atoms with Crippen LogP contribution < -0.4 is 10.1 Å². The number of methoxy groups -OCH3 is 1. The minimum absolute atomic E-state index is 0.222. The quantitative estimate of drug-likeness (QED) is 0.856. The Balaban J connectivity index is 1.92. The molecule has 1 N–H and O–H groups in total. The van der Waals surface area contributed by atoms with Gasteiger partial charge in [0.15, 0.2) is 17.5 Å². The van der Waals surface area contributed by atoms with Crippen LogP contribution in [0.15, 0.2) is 30.5 Å². The second-order valence-electron chi connectivity index (χ2n) is 4.19. The first-order chi connectivity index (χ1) is 9.60. The second-order valence-corrected chi connectivity index (χ2v) is 4.19. The molecule has 6 heteroatoms. The highest BCUT2D eigenvalue weighted by molar-refractivity contribution is 5.20. The zero-order chi connectivity index (χ0) is 14.5. The Hall–Kier alpha value is -2.08. The van der Waals surface area contributed by atoms with E-state index in [1.54, 1.807) is 12.3 Å². The summed E-state index contributed by atoms with van der Waals surface area (Å²) in [7, 11) is 1.53. The number of benzene rings is 1. The molecule has 0 aliphatic rings. The monoisotopic (exact) mass is 282 g/mol. The van der Waals surface area contributed by atoms with Gasteiger partial charge in [-0.25, -0.2) is 18.2 Å². The Morgan fingerprint density at radius 1 is 1.05 bits per heavy atom. The van der Waals surface area contributed by atoms with Crippen molar-refractivity contribution >= 4 is 0 Å². The maximum Gasteiger partial charge on any atom is 0.212 e. The number of nitrogens with zero attached hydrogens (tertiary/aromatic N) is 1. The van der Waals surface area contributed by atoms with Crippen LogP contribution >= 0.6 is 0 Å². The first-order valence-corrected chi connectivity index (χ1v) is 5.93. The van der Waals surface area contributed by atoms with E-state index >= 15 is 0 Å². The van der Waals surface area contributed by atoms with Crippen LogP contribution in [0.3, 0.4) is 0 Å². The molecule has 106 valence electrons. The fourth-order valence-electron chi connectivity index (χ4n) is 1.70. The van der Waals surface area contributed by atoms with Gasteiger partial charge in [-0.2, -0.15) is 0 Å². The Bertz CT molecular complexity index is 564. The van der Waals surface area contributed by atoms with Crippen molar-refractivity contribution in [2.24, 2.45) is 0 Å². The molecule has 0 aliphatic carbocycles. The first-order valence-electron chi connectivity index (χ1n) is 5.93. The predicted octanol–water partition coefficient (Wildman–Crippen LogP) is 2.80. The van der Waals surface area contributed by atoms with Crippen molar-refractivity contribution in [3.05, 3.63) is 59.0 Å². The third-order valence-corrected chi connectivity index (χ3v) is 2.71. The Labute approximate surface area is 114 Å².